The van der Waals surface area contributed by atoms with Crippen LogP contribution in [0.2, 0.25) is 0 Å². The maximum Gasteiger partial charge on any atom is 0.272 e. The molecule has 102 valence electrons. The summed E-state index contributed by atoms with van der Waals surface area (Å²) < 4.78 is 27.6. The number of anilines is 1. The summed E-state index contributed by atoms with van der Waals surface area (Å²) in [6.45, 7) is 1.59. The Morgan fingerprint density at radius 1 is 1.47 bits per heavy atom. The Balaban J connectivity index is 2.30. The summed E-state index contributed by atoms with van der Waals surface area (Å²) in [7, 11) is -3.66. The Labute approximate surface area is 123 Å². The molecule has 0 aromatic carbocycles. The van der Waals surface area contributed by atoms with E-state index >= 15 is 0 Å². The molecule has 2 N–H and O–H groups in total. The molecule has 0 unspecified atom stereocenters. The molecule has 19 heavy (non-hydrogen) atoms. The molecule has 0 saturated heterocycles. The minimum Gasteiger partial charge on any atom is -0.392 e. The smallest absolute Gasteiger partial charge is 0.272 e. The molecule has 0 saturated carbocycles. The number of aliphatic hydroxyl groups is 1. The van der Waals surface area contributed by atoms with Crippen molar-refractivity contribution in [2.75, 3.05) is 4.72 Å². The molecule has 0 spiro atoms. The average Bonchev–Trinajstić information content (AvgIpc) is 2.82. The van der Waals surface area contributed by atoms with Gasteiger partial charge in [0.1, 0.15) is 10.0 Å². The van der Waals surface area contributed by atoms with E-state index in [1.54, 1.807) is 18.4 Å². The number of nitrogens with zero attached hydrogens (tertiary/aromatic N) is 1. The number of thiophene rings is 1. The van der Waals surface area contributed by atoms with Crippen LogP contribution >= 0.6 is 27.3 Å². The topological polar surface area (TPSA) is 79.3 Å². The number of pyridine rings is 1. The minimum atomic E-state index is -3.66. The summed E-state index contributed by atoms with van der Waals surface area (Å²) >= 11 is 4.33. The predicted octanol–water partition coefficient (Wildman–Crippen LogP) is 2.51. The van der Waals surface area contributed by atoms with Gasteiger partial charge in [-0.2, -0.15) is 0 Å². The molecule has 0 fully saturated rings. The second-order valence-electron chi connectivity index (χ2n) is 3.86. The van der Waals surface area contributed by atoms with Crippen LogP contribution in [0.25, 0.3) is 0 Å². The van der Waals surface area contributed by atoms with Gasteiger partial charge in [-0.15, -0.1) is 11.3 Å². The van der Waals surface area contributed by atoms with E-state index in [-0.39, 0.29) is 10.8 Å². The second kappa shape index (κ2) is 5.58. The lowest BCUT2D eigenvalue weighted by Gasteiger charge is -2.08. The maximum atomic E-state index is 12.1. The first-order valence-electron chi connectivity index (χ1n) is 5.25. The van der Waals surface area contributed by atoms with Crippen LogP contribution in [0.4, 0.5) is 5.82 Å². The van der Waals surface area contributed by atoms with Gasteiger partial charge in [-0.25, -0.2) is 13.4 Å². The van der Waals surface area contributed by atoms with Crippen LogP contribution in [-0.2, 0) is 16.6 Å². The van der Waals surface area contributed by atoms with E-state index in [1.165, 1.54) is 12.3 Å². The van der Waals surface area contributed by atoms with Crippen molar-refractivity contribution in [3.05, 3.63) is 39.3 Å². The van der Waals surface area contributed by atoms with Crippen molar-refractivity contribution in [1.82, 2.24) is 4.98 Å². The van der Waals surface area contributed by atoms with Gasteiger partial charge in [0, 0.05) is 10.7 Å². The van der Waals surface area contributed by atoms with Crippen molar-refractivity contribution in [1.29, 1.82) is 0 Å². The number of hydrogen-bond acceptors (Lipinski definition) is 5. The van der Waals surface area contributed by atoms with Gasteiger partial charge >= 0.3 is 0 Å². The molecule has 2 heterocycles. The monoisotopic (exact) mass is 362 g/mol. The largest absolute Gasteiger partial charge is 0.392 e. The zero-order valence-corrected chi connectivity index (χ0v) is 13.1. The number of nitrogens with one attached hydrogen (secondary N) is 1. The molecule has 5 nitrogen and oxygen atoms in total. The molecule has 0 amide bonds. The van der Waals surface area contributed by atoms with Crippen molar-refractivity contribution in [2.45, 2.75) is 17.7 Å². The molecular weight excluding hydrogens is 352 g/mol. The molecule has 2 aromatic heterocycles. The fourth-order valence-corrected chi connectivity index (χ4v) is 4.13. The molecule has 0 bridgehead atoms. The predicted molar refractivity (Wildman–Crippen MR) is 77.7 cm³/mol. The van der Waals surface area contributed by atoms with E-state index in [4.69, 9.17) is 5.11 Å². The van der Waals surface area contributed by atoms with Gasteiger partial charge in [0.25, 0.3) is 10.0 Å². The van der Waals surface area contributed by atoms with Crippen molar-refractivity contribution in [2.24, 2.45) is 0 Å². The molecule has 0 aliphatic carbocycles. The fourth-order valence-electron chi connectivity index (χ4n) is 1.40. The fraction of sp³-hybridized carbons (Fsp3) is 0.182. The van der Waals surface area contributed by atoms with Gasteiger partial charge < -0.3 is 5.11 Å². The van der Waals surface area contributed by atoms with E-state index in [0.29, 0.717) is 11.4 Å². The number of aliphatic hydroxyl groups excluding tert-OH is 1. The van der Waals surface area contributed by atoms with Gasteiger partial charge in [0.05, 0.1) is 6.61 Å². The Bertz CT molecular complexity index is 698. The quantitative estimate of drug-likeness (QED) is 0.875. The number of sulfonamides is 1. The van der Waals surface area contributed by atoms with Crippen LogP contribution in [0.3, 0.4) is 0 Å². The maximum absolute atomic E-state index is 12.1. The highest BCUT2D eigenvalue weighted by atomic mass is 79.9. The van der Waals surface area contributed by atoms with E-state index < -0.39 is 10.0 Å². The van der Waals surface area contributed by atoms with Crippen molar-refractivity contribution >= 4 is 43.1 Å². The standard InChI is InChI=1S/C11H11BrN2O3S2/c1-7-2-9(12)4-13-11(7)14-19(16,17)10-3-8(5-15)6-18-10/h2-4,6,15H,5H2,1H3,(H,13,14). The number of aromatic nitrogens is 1. The number of halogens is 1. The van der Waals surface area contributed by atoms with Crippen LogP contribution in [0.5, 0.6) is 0 Å². The van der Waals surface area contributed by atoms with E-state index in [2.05, 4.69) is 25.6 Å². The number of aryl methyl sites for hydroxylation is 1. The highest BCUT2D eigenvalue weighted by Gasteiger charge is 2.18. The normalized spacial score (nSPS) is 11.5. The van der Waals surface area contributed by atoms with E-state index in [0.717, 1.165) is 21.4 Å². The molecule has 8 heteroatoms. The lowest BCUT2D eigenvalue weighted by atomic mass is 10.3. The van der Waals surface area contributed by atoms with Gasteiger partial charge in [-0.3, -0.25) is 4.72 Å². The van der Waals surface area contributed by atoms with Gasteiger partial charge in [0.15, 0.2) is 0 Å². The molecule has 0 aliphatic heterocycles. The highest BCUT2D eigenvalue weighted by molar-refractivity contribution is 9.10. The lowest BCUT2D eigenvalue weighted by molar-refractivity contribution is 0.282. The summed E-state index contributed by atoms with van der Waals surface area (Å²) in [6, 6.07) is 3.22. The summed E-state index contributed by atoms with van der Waals surface area (Å²) in [5, 5.41) is 10.6. The molecule has 0 atom stereocenters. The Morgan fingerprint density at radius 2 is 2.21 bits per heavy atom. The average molecular weight is 363 g/mol. The van der Waals surface area contributed by atoms with Gasteiger partial charge in [0.2, 0.25) is 0 Å². The van der Waals surface area contributed by atoms with Gasteiger partial charge in [-0.05, 0) is 51.5 Å². The number of hydrogen-bond donors (Lipinski definition) is 2. The highest BCUT2D eigenvalue weighted by Crippen LogP contribution is 2.24. The molecule has 0 aliphatic rings. The third-order valence-corrected chi connectivity index (χ3v) is 5.61. The first-order valence-corrected chi connectivity index (χ1v) is 8.41. The Hall–Kier alpha value is -0.960. The van der Waals surface area contributed by atoms with Crippen molar-refractivity contribution in [3.8, 4) is 0 Å². The molecular formula is C11H11BrN2O3S2. The summed E-state index contributed by atoms with van der Waals surface area (Å²) in [4.78, 5) is 4.03. The second-order valence-corrected chi connectivity index (χ2v) is 7.59. The van der Waals surface area contributed by atoms with Crippen molar-refractivity contribution < 1.29 is 13.5 Å². The van der Waals surface area contributed by atoms with Gasteiger partial charge in [-0.1, -0.05) is 0 Å². The first-order chi connectivity index (χ1) is 8.92. The minimum absolute atomic E-state index is 0.153. The zero-order valence-electron chi connectivity index (χ0n) is 9.92. The van der Waals surface area contributed by atoms with Crippen LogP contribution < -0.4 is 4.72 Å². The Morgan fingerprint density at radius 3 is 2.79 bits per heavy atom. The zero-order chi connectivity index (χ0) is 14.0. The van der Waals surface area contributed by atoms with Crippen LogP contribution in [0.1, 0.15) is 11.1 Å². The van der Waals surface area contributed by atoms with Crippen molar-refractivity contribution in [3.63, 3.8) is 0 Å². The summed E-state index contributed by atoms with van der Waals surface area (Å²) in [5.74, 6) is 0.294. The summed E-state index contributed by atoms with van der Waals surface area (Å²) in [6.07, 6.45) is 1.53. The lowest BCUT2D eigenvalue weighted by Crippen LogP contribution is -2.13. The van der Waals surface area contributed by atoms with Crippen LogP contribution in [0, 0.1) is 6.92 Å². The molecule has 0 radical (unpaired) electrons. The Kier molecular flexibility index (Phi) is 4.24. The van der Waals surface area contributed by atoms with E-state index in [1.807, 2.05) is 0 Å². The van der Waals surface area contributed by atoms with E-state index in [9.17, 15) is 8.42 Å². The summed E-state index contributed by atoms with van der Waals surface area (Å²) in [5.41, 5.74) is 1.29. The third kappa shape index (κ3) is 3.33. The first kappa shape index (κ1) is 14.4. The number of rotatable bonds is 4. The third-order valence-electron chi connectivity index (χ3n) is 2.35. The molecule has 2 aromatic rings. The SMILES string of the molecule is Cc1cc(Br)cnc1NS(=O)(=O)c1cc(CO)cs1. The van der Waals surface area contributed by atoms with Crippen LogP contribution in [-0.4, -0.2) is 18.5 Å². The molecule has 2 rings (SSSR count). The van der Waals surface area contributed by atoms with Crippen LogP contribution in [0.15, 0.2) is 32.4 Å².